The molecule has 0 aliphatic heterocycles. The second-order valence-corrected chi connectivity index (χ2v) is 6.31. The van der Waals surface area contributed by atoms with E-state index >= 15 is 0 Å². The van der Waals surface area contributed by atoms with Crippen LogP contribution in [0.15, 0.2) is 24.3 Å². The minimum absolute atomic E-state index is 0.144. The van der Waals surface area contributed by atoms with Crippen LogP contribution < -0.4 is 5.32 Å². The summed E-state index contributed by atoms with van der Waals surface area (Å²) >= 11 is 0. The second kappa shape index (κ2) is 7.25. The number of nitrogens with one attached hydrogen (secondary N) is 1. The largest absolute Gasteiger partial charge is 0.458 e. The highest BCUT2D eigenvalue weighted by Crippen LogP contribution is 2.09. The van der Waals surface area contributed by atoms with Gasteiger partial charge in [0.05, 0.1) is 0 Å². The highest BCUT2D eigenvalue weighted by molar-refractivity contribution is 5.84. The van der Waals surface area contributed by atoms with E-state index in [0.717, 1.165) is 5.56 Å². The van der Waals surface area contributed by atoms with Gasteiger partial charge in [-0.1, -0.05) is 29.8 Å². The Hall–Kier alpha value is -1.84. The van der Waals surface area contributed by atoms with E-state index in [0.29, 0.717) is 12.8 Å². The Kier molecular flexibility index (Phi) is 5.94. The van der Waals surface area contributed by atoms with Gasteiger partial charge in [0.15, 0.2) is 0 Å². The lowest BCUT2D eigenvalue weighted by Crippen LogP contribution is -2.42. The predicted molar refractivity (Wildman–Crippen MR) is 82.9 cm³/mol. The van der Waals surface area contributed by atoms with Crippen LogP contribution in [0.3, 0.4) is 0 Å². The molecule has 0 saturated carbocycles. The molecule has 1 aromatic rings. The van der Waals surface area contributed by atoms with E-state index in [9.17, 15) is 9.59 Å². The van der Waals surface area contributed by atoms with Gasteiger partial charge in [-0.05, 0) is 46.6 Å². The summed E-state index contributed by atoms with van der Waals surface area (Å²) in [7, 11) is 0. The van der Waals surface area contributed by atoms with Crippen LogP contribution in [0.4, 0.5) is 0 Å². The van der Waals surface area contributed by atoms with Crippen molar-refractivity contribution >= 4 is 11.9 Å². The Labute approximate surface area is 126 Å². The van der Waals surface area contributed by atoms with Gasteiger partial charge in [0.2, 0.25) is 5.91 Å². The van der Waals surface area contributed by atoms with Gasteiger partial charge in [-0.2, -0.15) is 0 Å². The van der Waals surface area contributed by atoms with Crippen LogP contribution in [0, 0.1) is 6.92 Å². The first-order chi connectivity index (χ1) is 9.67. The van der Waals surface area contributed by atoms with Crippen molar-refractivity contribution in [2.75, 3.05) is 0 Å². The standard InChI is InChI=1S/C17H25NO3/c1-12-7-6-8-14(11-12)9-10-15(19)18-13(2)16(20)21-17(3,4)5/h6-8,11,13H,9-10H2,1-5H3,(H,18,19)/t13-/m1/s1. The number of hydrogen-bond acceptors (Lipinski definition) is 3. The number of carbonyl (C=O) groups is 2. The number of benzene rings is 1. The third kappa shape index (κ3) is 6.93. The summed E-state index contributed by atoms with van der Waals surface area (Å²) in [6.07, 6.45) is 1.02. The molecule has 1 amide bonds. The Morgan fingerprint density at radius 2 is 1.95 bits per heavy atom. The molecule has 1 aromatic carbocycles. The summed E-state index contributed by atoms with van der Waals surface area (Å²) < 4.78 is 5.23. The zero-order valence-corrected chi connectivity index (χ0v) is 13.5. The van der Waals surface area contributed by atoms with Crippen molar-refractivity contribution in [2.24, 2.45) is 0 Å². The first kappa shape index (κ1) is 17.2. The molecule has 0 bridgehead atoms. The molecule has 1 rings (SSSR count). The fourth-order valence-electron chi connectivity index (χ4n) is 1.89. The number of amides is 1. The Morgan fingerprint density at radius 3 is 2.52 bits per heavy atom. The second-order valence-electron chi connectivity index (χ2n) is 6.31. The predicted octanol–water partition coefficient (Wildman–Crippen LogP) is 2.77. The van der Waals surface area contributed by atoms with E-state index in [1.54, 1.807) is 27.7 Å². The van der Waals surface area contributed by atoms with Gasteiger partial charge in [-0.3, -0.25) is 4.79 Å². The average Bonchev–Trinajstić information content (AvgIpc) is 2.34. The van der Waals surface area contributed by atoms with Crippen molar-refractivity contribution in [3.05, 3.63) is 35.4 Å². The monoisotopic (exact) mass is 291 g/mol. The molecule has 0 unspecified atom stereocenters. The van der Waals surface area contributed by atoms with Gasteiger partial charge in [0.25, 0.3) is 0 Å². The summed E-state index contributed by atoms with van der Waals surface area (Å²) in [6.45, 7) is 9.07. The lowest BCUT2D eigenvalue weighted by Gasteiger charge is -2.22. The molecule has 0 saturated heterocycles. The van der Waals surface area contributed by atoms with Crippen LogP contribution in [-0.2, 0) is 20.7 Å². The first-order valence-corrected chi connectivity index (χ1v) is 7.25. The smallest absolute Gasteiger partial charge is 0.328 e. The van der Waals surface area contributed by atoms with Crippen LogP contribution in [0.5, 0.6) is 0 Å². The molecule has 0 aromatic heterocycles. The molecule has 21 heavy (non-hydrogen) atoms. The highest BCUT2D eigenvalue weighted by Gasteiger charge is 2.22. The van der Waals surface area contributed by atoms with Crippen LogP contribution in [0.2, 0.25) is 0 Å². The molecular formula is C17H25NO3. The maximum absolute atomic E-state index is 11.9. The van der Waals surface area contributed by atoms with E-state index in [1.165, 1.54) is 5.56 Å². The van der Waals surface area contributed by atoms with Crippen molar-refractivity contribution in [1.82, 2.24) is 5.32 Å². The van der Waals surface area contributed by atoms with Crippen LogP contribution in [0.1, 0.15) is 45.2 Å². The summed E-state index contributed by atoms with van der Waals surface area (Å²) in [5.41, 5.74) is 1.75. The molecule has 4 heteroatoms. The van der Waals surface area contributed by atoms with E-state index in [-0.39, 0.29) is 5.91 Å². The van der Waals surface area contributed by atoms with Gasteiger partial charge >= 0.3 is 5.97 Å². The number of esters is 1. The molecule has 116 valence electrons. The van der Waals surface area contributed by atoms with Crippen molar-refractivity contribution in [2.45, 2.75) is 59.1 Å². The molecular weight excluding hydrogens is 266 g/mol. The third-order valence-corrected chi connectivity index (χ3v) is 2.86. The third-order valence-electron chi connectivity index (χ3n) is 2.86. The molecule has 0 aliphatic rings. The van der Waals surface area contributed by atoms with Crippen molar-refractivity contribution in [3.8, 4) is 0 Å². The highest BCUT2D eigenvalue weighted by atomic mass is 16.6. The summed E-state index contributed by atoms with van der Waals surface area (Å²) in [6, 6.07) is 7.43. The zero-order chi connectivity index (χ0) is 16.0. The number of hydrogen-bond donors (Lipinski definition) is 1. The van der Waals surface area contributed by atoms with Gasteiger partial charge in [-0.15, -0.1) is 0 Å². The summed E-state index contributed by atoms with van der Waals surface area (Å²) in [5.74, 6) is -0.554. The van der Waals surface area contributed by atoms with Gasteiger partial charge < -0.3 is 10.1 Å². The van der Waals surface area contributed by atoms with Crippen LogP contribution in [-0.4, -0.2) is 23.5 Å². The van der Waals surface area contributed by atoms with E-state index in [4.69, 9.17) is 4.74 Å². The van der Waals surface area contributed by atoms with Gasteiger partial charge in [0.1, 0.15) is 11.6 Å². The number of carbonyl (C=O) groups excluding carboxylic acids is 2. The molecule has 0 radical (unpaired) electrons. The average molecular weight is 291 g/mol. The normalized spacial score (nSPS) is 12.6. The summed E-state index contributed by atoms with van der Waals surface area (Å²) in [5, 5.41) is 2.67. The lowest BCUT2D eigenvalue weighted by atomic mass is 10.1. The van der Waals surface area contributed by atoms with Crippen LogP contribution in [0.25, 0.3) is 0 Å². The first-order valence-electron chi connectivity index (χ1n) is 7.25. The van der Waals surface area contributed by atoms with E-state index in [1.807, 2.05) is 25.1 Å². The zero-order valence-electron chi connectivity index (χ0n) is 13.5. The Balaban J connectivity index is 2.41. The maximum atomic E-state index is 11.9. The number of rotatable bonds is 5. The van der Waals surface area contributed by atoms with Crippen molar-refractivity contribution in [1.29, 1.82) is 0 Å². The molecule has 0 heterocycles. The molecule has 1 N–H and O–H groups in total. The Bertz CT molecular complexity index is 503. The Morgan fingerprint density at radius 1 is 1.29 bits per heavy atom. The van der Waals surface area contributed by atoms with Crippen molar-refractivity contribution < 1.29 is 14.3 Å². The van der Waals surface area contributed by atoms with Gasteiger partial charge in [0, 0.05) is 6.42 Å². The lowest BCUT2D eigenvalue weighted by molar-refractivity contribution is -0.158. The summed E-state index contributed by atoms with van der Waals surface area (Å²) in [4.78, 5) is 23.6. The molecule has 1 atom stereocenters. The topological polar surface area (TPSA) is 55.4 Å². The maximum Gasteiger partial charge on any atom is 0.328 e. The minimum atomic E-state index is -0.630. The quantitative estimate of drug-likeness (QED) is 0.849. The number of aryl methyl sites for hydroxylation is 2. The fourth-order valence-corrected chi connectivity index (χ4v) is 1.89. The minimum Gasteiger partial charge on any atom is -0.458 e. The SMILES string of the molecule is Cc1cccc(CCC(=O)N[C@H](C)C(=O)OC(C)(C)C)c1. The molecule has 4 nitrogen and oxygen atoms in total. The molecule has 0 aliphatic carbocycles. The fraction of sp³-hybridized carbons (Fsp3) is 0.529. The number of ether oxygens (including phenoxy) is 1. The van der Waals surface area contributed by atoms with Crippen molar-refractivity contribution in [3.63, 3.8) is 0 Å². The van der Waals surface area contributed by atoms with E-state index < -0.39 is 17.6 Å². The molecule has 0 spiro atoms. The van der Waals surface area contributed by atoms with Gasteiger partial charge in [-0.25, -0.2) is 4.79 Å². The molecule has 0 fully saturated rings. The van der Waals surface area contributed by atoms with E-state index in [2.05, 4.69) is 11.4 Å². The van der Waals surface area contributed by atoms with Crippen LogP contribution >= 0.6 is 0 Å².